The summed E-state index contributed by atoms with van der Waals surface area (Å²) < 4.78 is 0. The van der Waals surface area contributed by atoms with Crippen LogP contribution in [-0.4, -0.2) is 49.4 Å². The Balaban J connectivity index is 1.15. The summed E-state index contributed by atoms with van der Waals surface area (Å²) in [5.74, 6) is 0.794. The summed E-state index contributed by atoms with van der Waals surface area (Å²) >= 11 is 0. The fraction of sp³-hybridized carbons (Fsp3) is 0.346. The van der Waals surface area contributed by atoms with Gasteiger partial charge in [0, 0.05) is 78.9 Å². The summed E-state index contributed by atoms with van der Waals surface area (Å²) in [7, 11) is 0. The highest BCUT2D eigenvalue weighted by molar-refractivity contribution is 5.81. The van der Waals surface area contributed by atoms with Crippen molar-refractivity contribution in [3.8, 4) is 11.4 Å². The molecule has 0 aliphatic carbocycles. The van der Waals surface area contributed by atoms with E-state index in [1.165, 1.54) is 59.3 Å². The molecule has 162 valence electrons. The van der Waals surface area contributed by atoms with Crippen molar-refractivity contribution in [3.63, 3.8) is 0 Å². The molecule has 32 heavy (non-hydrogen) atoms. The lowest BCUT2D eigenvalue weighted by Crippen LogP contribution is -2.30. The van der Waals surface area contributed by atoms with Crippen LogP contribution in [0, 0.1) is 0 Å². The minimum Gasteiger partial charge on any atom is -0.357 e. The zero-order valence-electron chi connectivity index (χ0n) is 18.3. The standard InChI is InChI=1S/C26H28N6/c1-2-11-31(10-1)18-23-14-21-13-19(3-4-24(21)29-23)16-32-12-7-25-22(17-32)15-28-26(30-25)20-5-8-27-9-6-20/h3-6,8-9,13-15,29H,1-2,7,10-12,16-18H2. The molecule has 1 fully saturated rings. The molecule has 4 aromatic rings. The summed E-state index contributed by atoms with van der Waals surface area (Å²) in [4.78, 5) is 22.2. The number of nitrogens with zero attached hydrogens (tertiary/aromatic N) is 5. The maximum atomic E-state index is 4.84. The first-order chi connectivity index (χ1) is 15.8. The second kappa shape index (κ2) is 8.45. The molecule has 0 spiro atoms. The molecule has 0 amide bonds. The molecule has 1 aromatic carbocycles. The van der Waals surface area contributed by atoms with Crippen LogP contribution in [0.3, 0.4) is 0 Å². The number of H-pyrrole nitrogens is 1. The van der Waals surface area contributed by atoms with Crippen molar-refractivity contribution in [1.82, 2.24) is 29.7 Å². The molecule has 1 N–H and O–H groups in total. The molecule has 2 aliphatic rings. The van der Waals surface area contributed by atoms with Crippen LogP contribution in [0.4, 0.5) is 0 Å². The van der Waals surface area contributed by atoms with Crippen molar-refractivity contribution < 1.29 is 0 Å². The van der Waals surface area contributed by atoms with Crippen LogP contribution in [0.1, 0.15) is 35.4 Å². The Hall–Kier alpha value is -3.09. The van der Waals surface area contributed by atoms with Crippen molar-refractivity contribution in [1.29, 1.82) is 0 Å². The zero-order chi connectivity index (χ0) is 21.3. The molecule has 0 atom stereocenters. The molecule has 2 aliphatic heterocycles. The largest absolute Gasteiger partial charge is 0.357 e. The van der Waals surface area contributed by atoms with Gasteiger partial charge in [0.15, 0.2) is 5.82 Å². The number of hydrogen-bond donors (Lipinski definition) is 1. The third kappa shape index (κ3) is 4.04. The first kappa shape index (κ1) is 19.6. The van der Waals surface area contributed by atoms with Crippen LogP contribution in [0.2, 0.25) is 0 Å². The Morgan fingerprint density at radius 3 is 2.66 bits per heavy atom. The molecule has 6 nitrogen and oxygen atoms in total. The average Bonchev–Trinajstić information content (AvgIpc) is 3.48. The molecule has 0 radical (unpaired) electrons. The number of benzene rings is 1. The van der Waals surface area contributed by atoms with E-state index in [2.05, 4.69) is 49.0 Å². The van der Waals surface area contributed by atoms with Crippen LogP contribution in [0.5, 0.6) is 0 Å². The number of pyridine rings is 1. The highest BCUT2D eigenvalue weighted by Crippen LogP contribution is 2.24. The van der Waals surface area contributed by atoms with Crippen LogP contribution in [0.25, 0.3) is 22.3 Å². The molecule has 6 heteroatoms. The second-order valence-electron chi connectivity index (χ2n) is 9.06. The maximum absolute atomic E-state index is 4.84. The van der Waals surface area contributed by atoms with Crippen molar-refractivity contribution in [2.24, 2.45) is 0 Å². The van der Waals surface area contributed by atoms with Gasteiger partial charge in [0.2, 0.25) is 0 Å². The van der Waals surface area contributed by atoms with Gasteiger partial charge in [-0.25, -0.2) is 9.97 Å². The predicted molar refractivity (Wildman–Crippen MR) is 126 cm³/mol. The van der Waals surface area contributed by atoms with Gasteiger partial charge in [-0.05, 0) is 61.8 Å². The van der Waals surface area contributed by atoms with Gasteiger partial charge in [-0.1, -0.05) is 6.07 Å². The summed E-state index contributed by atoms with van der Waals surface area (Å²) in [6.07, 6.45) is 9.21. The molecular weight excluding hydrogens is 396 g/mol. The SMILES string of the molecule is c1cc(-c2ncc3c(n2)CCN(Cc2ccc4[nH]c(CN5CCCC5)cc4c2)C3)ccn1. The number of likely N-dealkylation sites (tertiary alicyclic amines) is 1. The minimum atomic E-state index is 0.794. The zero-order valence-corrected chi connectivity index (χ0v) is 18.3. The molecule has 0 saturated carbocycles. The first-order valence-electron chi connectivity index (χ1n) is 11.6. The minimum absolute atomic E-state index is 0.794. The van der Waals surface area contributed by atoms with E-state index in [1.807, 2.05) is 18.3 Å². The number of fused-ring (bicyclic) bond motifs is 2. The van der Waals surface area contributed by atoms with E-state index in [4.69, 9.17) is 4.98 Å². The smallest absolute Gasteiger partial charge is 0.159 e. The first-order valence-corrected chi connectivity index (χ1v) is 11.6. The van der Waals surface area contributed by atoms with Crippen LogP contribution >= 0.6 is 0 Å². The van der Waals surface area contributed by atoms with Crippen LogP contribution < -0.4 is 0 Å². The van der Waals surface area contributed by atoms with Gasteiger partial charge in [0.05, 0.1) is 5.69 Å². The second-order valence-corrected chi connectivity index (χ2v) is 9.06. The summed E-state index contributed by atoms with van der Waals surface area (Å²) in [5, 5.41) is 1.32. The molecule has 5 heterocycles. The van der Waals surface area contributed by atoms with Gasteiger partial charge in [-0.15, -0.1) is 0 Å². The monoisotopic (exact) mass is 424 g/mol. The van der Waals surface area contributed by atoms with Gasteiger partial charge in [0.25, 0.3) is 0 Å². The fourth-order valence-corrected chi connectivity index (χ4v) is 5.02. The number of rotatable bonds is 5. The maximum Gasteiger partial charge on any atom is 0.159 e. The lowest BCUT2D eigenvalue weighted by atomic mass is 10.1. The Morgan fingerprint density at radius 1 is 0.906 bits per heavy atom. The van der Waals surface area contributed by atoms with Crippen molar-refractivity contribution in [2.45, 2.75) is 38.9 Å². The summed E-state index contributed by atoms with van der Waals surface area (Å²) in [5.41, 5.74) is 7.37. The highest BCUT2D eigenvalue weighted by atomic mass is 15.1. The van der Waals surface area contributed by atoms with E-state index in [9.17, 15) is 0 Å². The number of aromatic amines is 1. The fourth-order valence-electron chi connectivity index (χ4n) is 5.02. The van der Waals surface area contributed by atoms with E-state index >= 15 is 0 Å². The van der Waals surface area contributed by atoms with Crippen LogP contribution in [-0.2, 0) is 26.1 Å². The Bertz CT molecular complexity index is 1230. The summed E-state index contributed by atoms with van der Waals surface area (Å²) in [6.45, 7) is 6.36. The van der Waals surface area contributed by atoms with E-state index in [0.717, 1.165) is 44.0 Å². The van der Waals surface area contributed by atoms with Gasteiger partial charge in [0.1, 0.15) is 0 Å². The lowest BCUT2D eigenvalue weighted by Gasteiger charge is -2.28. The normalized spacial score (nSPS) is 17.1. The van der Waals surface area contributed by atoms with E-state index in [-0.39, 0.29) is 0 Å². The lowest BCUT2D eigenvalue weighted by molar-refractivity contribution is 0.243. The van der Waals surface area contributed by atoms with Crippen molar-refractivity contribution >= 4 is 10.9 Å². The molecule has 0 unspecified atom stereocenters. The topological polar surface area (TPSA) is 60.9 Å². The van der Waals surface area contributed by atoms with E-state index < -0.39 is 0 Å². The molecule has 0 bridgehead atoms. The molecular formula is C26H28N6. The average molecular weight is 425 g/mol. The van der Waals surface area contributed by atoms with Crippen LogP contribution in [0.15, 0.2) is 55.0 Å². The number of nitrogens with one attached hydrogen (secondary N) is 1. The third-order valence-corrected chi connectivity index (χ3v) is 6.69. The van der Waals surface area contributed by atoms with Crippen molar-refractivity contribution in [2.75, 3.05) is 19.6 Å². The highest BCUT2D eigenvalue weighted by Gasteiger charge is 2.19. The Morgan fingerprint density at radius 2 is 1.78 bits per heavy atom. The van der Waals surface area contributed by atoms with Gasteiger partial charge < -0.3 is 4.98 Å². The van der Waals surface area contributed by atoms with Gasteiger partial charge >= 0.3 is 0 Å². The van der Waals surface area contributed by atoms with E-state index in [1.54, 1.807) is 12.4 Å². The quantitative estimate of drug-likeness (QED) is 0.521. The Kier molecular flexibility index (Phi) is 5.17. The summed E-state index contributed by atoms with van der Waals surface area (Å²) in [6, 6.07) is 13.1. The van der Waals surface area contributed by atoms with E-state index in [0.29, 0.717) is 0 Å². The molecule has 6 rings (SSSR count). The van der Waals surface area contributed by atoms with Gasteiger partial charge in [-0.2, -0.15) is 0 Å². The number of aromatic nitrogens is 4. The predicted octanol–water partition coefficient (Wildman–Crippen LogP) is 4.17. The van der Waals surface area contributed by atoms with Gasteiger partial charge in [-0.3, -0.25) is 14.8 Å². The third-order valence-electron chi connectivity index (χ3n) is 6.69. The molecule has 3 aromatic heterocycles. The Labute approximate surface area is 188 Å². The number of hydrogen-bond acceptors (Lipinski definition) is 5. The molecule has 1 saturated heterocycles. The van der Waals surface area contributed by atoms with Crippen molar-refractivity contribution in [3.05, 3.63) is 77.5 Å².